The van der Waals surface area contributed by atoms with Crippen LogP contribution in [0.2, 0.25) is 0 Å². The Morgan fingerprint density at radius 1 is 1.14 bits per heavy atom. The Balaban J connectivity index is 1.41. The summed E-state index contributed by atoms with van der Waals surface area (Å²) in [6, 6.07) is 14.6. The van der Waals surface area contributed by atoms with Crippen molar-refractivity contribution in [2.75, 3.05) is 25.1 Å². The number of ether oxygens (including phenoxy) is 1. The van der Waals surface area contributed by atoms with Gasteiger partial charge in [-0.25, -0.2) is 4.68 Å². The lowest BCUT2D eigenvalue weighted by Crippen LogP contribution is -2.40. The monoisotopic (exact) mass is 378 g/mol. The molecule has 2 heterocycles. The van der Waals surface area contributed by atoms with Crippen LogP contribution in [-0.2, 0) is 11.3 Å². The molecule has 7 heteroatoms. The lowest BCUT2D eigenvalue weighted by molar-refractivity contribution is -0.118. The molecule has 1 aliphatic heterocycles. The first-order chi connectivity index (χ1) is 13.7. The molecule has 1 amide bonds. The summed E-state index contributed by atoms with van der Waals surface area (Å²) in [6.45, 7) is 1.52. The molecular weight excluding hydrogens is 356 g/mol. The van der Waals surface area contributed by atoms with Gasteiger partial charge in [-0.2, -0.15) is 5.10 Å². The summed E-state index contributed by atoms with van der Waals surface area (Å²) in [4.78, 5) is 27.0. The second-order valence-electron chi connectivity index (χ2n) is 6.72. The zero-order valence-electron chi connectivity index (χ0n) is 15.7. The van der Waals surface area contributed by atoms with E-state index in [9.17, 15) is 9.59 Å². The lowest BCUT2D eigenvalue weighted by Gasteiger charge is -2.19. The number of nitrogens with zero attached hydrogens (tertiary/aromatic N) is 3. The predicted molar refractivity (Wildman–Crippen MR) is 108 cm³/mol. The van der Waals surface area contributed by atoms with Crippen molar-refractivity contribution in [3.05, 3.63) is 65.1 Å². The molecule has 1 saturated heterocycles. The smallest absolute Gasteiger partial charge is 0.274 e. The first-order valence-corrected chi connectivity index (χ1v) is 9.31. The van der Waals surface area contributed by atoms with Gasteiger partial charge in [0.05, 0.1) is 37.0 Å². The molecule has 2 aromatic carbocycles. The summed E-state index contributed by atoms with van der Waals surface area (Å²) in [7, 11) is 1.60. The van der Waals surface area contributed by atoms with Gasteiger partial charge >= 0.3 is 0 Å². The van der Waals surface area contributed by atoms with Crippen LogP contribution in [0.1, 0.15) is 6.42 Å². The van der Waals surface area contributed by atoms with Crippen molar-refractivity contribution >= 4 is 22.4 Å². The highest BCUT2D eigenvalue weighted by molar-refractivity contribution is 6.00. The molecule has 1 aliphatic rings. The fourth-order valence-electron chi connectivity index (χ4n) is 3.59. The molecule has 1 aromatic heterocycles. The van der Waals surface area contributed by atoms with E-state index in [1.165, 1.54) is 4.68 Å². The second-order valence-corrected chi connectivity index (χ2v) is 6.72. The minimum Gasteiger partial charge on any atom is -0.495 e. The van der Waals surface area contributed by atoms with Crippen molar-refractivity contribution in [1.82, 2.24) is 15.1 Å². The van der Waals surface area contributed by atoms with Gasteiger partial charge in [-0.05, 0) is 24.6 Å². The Morgan fingerprint density at radius 3 is 2.79 bits per heavy atom. The van der Waals surface area contributed by atoms with Crippen molar-refractivity contribution in [1.29, 1.82) is 0 Å². The lowest BCUT2D eigenvalue weighted by atomic mass is 10.2. The number of fused-ring (bicyclic) bond motifs is 1. The van der Waals surface area contributed by atoms with E-state index >= 15 is 0 Å². The van der Waals surface area contributed by atoms with Gasteiger partial charge in [0.25, 0.3) is 5.56 Å². The number of rotatable bonds is 6. The number of aromatic nitrogens is 2. The summed E-state index contributed by atoms with van der Waals surface area (Å²) < 4.78 is 6.81. The zero-order chi connectivity index (χ0) is 19.5. The summed E-state index contributed by atoms with van der Waals surface area (Å²) >= 11 is 0. The topological polar surface area (TPSA) is 76.5 Å². The molecule has 28 heavy (non-hydrogen) atoms. The van der Waals surface area contributed by atoms with Crippen molar-refractivity contribution < 1.29 is 9.53 Å². The molecule has 0 bridgehead atoms. The van der Waals surface area contributed by atoms with Gasteiger partial charge in [-0.3, -0.25) is 9.59 Å². The quantitative estimate of drug-likeness (QED) is 0.708. The number of amides is 1. The van der Waals surface area contributed by atoms with E-state index in [4.69, 9.17) is 4.74 Å². The molecule has 1 fully saturated rings. The second kappa shape index (κ2) is 7.82. The average Bonchev–Trinajstić information content (AvgIpc) is 3.10. The average molecular weight is 378 g/mol. The van der Waals surface area contributed by atoms with E-state index in [0.717, 1.165) is 11.1 Å². The number of carbonyl (C=O) groups is 1. The molecular formula is C21H22N4O3. The van der Waals surface area contributed by atoms with Gasteiger partial charge in [0.1, 0.15) is 5.75 Å². The first kappa shape index (κ1) is 18.2. The third-order valence-corrected chi connectivity index (χ3v) is 5.06. The summed E-state index contributed by atoms with van der Waals surface area (Å²) in [5.41, 5.74) is 0.667. The standard InChI is InChI=1S/C21H22N4O3/c1-28-19-9-5-4-8-18(19)24-12-10-17(21(24)27)22-11-13-25-20(26)16-7-3-2-6-15(16)14-23-25/h2-9,14,17,22H,10-13H2,1H3. The molecule has 3 aromatic rings. The predicted octanol–water partition coefficient (Wildman–Crippen LogP) is 1.80. The normalized spacial score (nSPS) is 16.7. The number of hydrogen-bond donors (Lipinski definition) is 1. The highest BCUT2D eigenvalue weighted by atomic mass is 16.5. The minimum atomic E-state index is -0.277. The number of methoxy groups -OCH3 is 1. The Morgan fingerprint density at radius 2 is 1.93 bits per heavy atom. The van der Waals surface area contributed by atoms with Crippen molar-refractivity contribution in [2.45, 2.75) is 19.0 Å². The minimum absolute atomic E-state index is 0.0170. The van der Waals surface area contributed by atoms with Crippen LogP contribution in [0.4, 0.5) is 5.69 Å². The van der Waals surface area contributed by atoms with Crippen LogP contribution in [0, 0.1) is 0 Å². The van der Waals surface area contributed by atoms with Crippen LogP contribution >= 0.6 is 0 Å². The van der Waals surface area contributed by atoms with E-state index in [0.29, 0.717) is 37.2 Å². The SMILES string of the molecule is COc1ccccc1N1CCC(NCCn2ncc3ccccc3c2=O)C1=O. The Labute approximate surface area is 162 Å². The number of nitrogens with one attached hydrogen (secondary N) is 1. The van der Waals surface area contributed by atoms with E-state index in [1.807, 2.05) is 42.5 Å². The van der Waals surface area contributed by atoms with Crippen LogP contribution in [0.3, 0.4) is 0 Å². The highest BCUT2D eigenvalue weighted by Crippen LogP contribution is 2.30. The van der Waals surface area contributed by atoms with Crippen molar-refractivity contribution in [2.24, 2.45) is 0 Å². The Hall–Kier alpha value is -3.19. The first-order valence-electron chi connectivity index (χ1n) is 9.31. The molecule has 1 unspecified atom stereocenters. The summed E-state index contributed by atoms with van der Waals surface area (Å²) in [6.07, 6.45) is 2.40. The number of carbonyl (C=O) groups excluding carboxylic acids is 1. The van der Waals surface area contributed by atoms with Gasteiger partial charge in [0.15, 0.2) is 0 Å². The van der Waals surface area contributed by atoms with Crippen LogP contribution in [0.15, 0.2) is 59.5 Å². The maximum absolute atomic E-state index is 12.8. The molecule has 0 spiro atoms. The molecule has 0 aliphatic carbocycles. The van der Waals surface area contributed by atoms with Gasteiger partial charge in [-0.15, -0.1) is 0 Å². The molecule has 0 radical (unpaired) electrons. The van der Waals surface area contributed by atoms with Crippen LogP contribution in [0.5, 0.6) is 5.75 Å². The molecule has 4 rings (SSSR count). The van der Waals surface area contributed by atoms with Gasteiger partial charge in [-0.1, -0.05) is 30.3 Å². The summed E-state index contributed by atoms with van der Waals surface area (Å²) in [5.74, 6) is 0.701. The number of anilines is 1. The molecule has 1 N–H and O–H groups in total. The summed E-state index contributed by atoms with van der Waals surface area (Å²) in [5, 5.41) is 8.97. The molecule has 7 nitrogen and oxygen atoms in total. The third kappa shape index (κ3) is 3.36. The molecule has 1 atom stereocenters. The van der Waals surface area contributed by atoms with E-state index < -0.39 is 0 Å². The van der Waals surface area contributed by atoms with Crippen molar-refractivity contribution in [3.8, 4) is 5.75 Å². The van der Waals surface area contributed by atoms with E-state index in [-0.39, 0.29) is 17.5 Å². The highest BCUT2D eigenvalue weighted by Gasteiger charge is 2.33. The largest absolute Gasteiger partial charge is 0.495 e. The maximum Gasteiger partial charge on any atom is 0.274 e. The third-order valence-electron chi connectivity index (χ3n) is 5.06. The van der Waals surface area contributed by atoms with Gasteiger partial charge in [0, 0.05) is 18.5 Å². The van der Waals surface area contributed by atoms with Crippen LogP contribution < -0.4 is 20.5 Å². The zero-order valence-corrected chi connectivity index (χ0v) is 15.7. The maximum atomic E-state index is 12.8. The fourth-order valence-corrected chi connectivity index (χ4v) is 3.59. The van der Waals surface area contributed by atoms with E-state index in [1.54, 1.807) is 24.3 Å². The van der Waals surface area contributed by atoms with Crippen LogP contribution in [0.25, 0.3) is 10.8 Å². The molecule has 0 saturated carbocycles. The molecule has 144 valence electrons. The number of para-hydroxylation sites is 2. The van der Waals surface area contributed by atoms with Gasteiger partial charge in [0.2, 0.25) is 5.91 Å². The van der Waals surface area contributed by atoms with E-state index in [2.05, 4.69) is 10.4 Å². The fraction of sp³-hybridized carbons (Fsp3) is 0.286. The number of benzene rings is 2. The number of hydrogen-bond acceptors (Lipinski definition) is 5. The Bertz CT molecular complexity index is 1060. The van der Waals surface area contributed by atoms with Gasteiger partial charge < -0.3 is 15.0 Å². The van der Waals surface area contributed by atoms with Crippen molar-refractivity contribution in [3.63, 3.8) is 0 Å². The van der Waals surface area contributed by atoms with Crippen LogP contribution in [-0.4, -0.2) is 41.9 Å². The Kier molecular flexibility index (Phi) is 5.08.